The van der Waals surface area contributed by atoms with Crippen molar-refractivity contribution in [3.05, 3.63) is 59.2 Å². The van der Waals surface area contributed by atoms with E-state index in [1.165, 1.54) is 12.1 Å². The molecule has 6 heteroatoms. The van der Waals surface area contributed by atoms with Gasteiger partial charge < -0.3 is 15.5 Å². The van der Waals surface area contributed by atoms with E-state index in [0.717, 1.165) is 11.6 Å². The Labute approximate surface area is 113 Å². The minimum absolute atomic E-state index is 0.100. The van der Waals surface area contributed by atoms with E-state index in [4.69, 9.17) is 10.2 Å². The molecular formula is C14H11F2NO3. The fourth-order valence-electron chi connectivity index (χ4n) is 1.66. The highest BCUT2D eigenvalue weighted by Gasteiger charge is 2.14. The summed E-state index contributed by atoms with van der Waals surface area (Å²) in [6, 6.07) is 7.64. The molecule has 0 bridgehead atoms. The lowest BCUT2D eigenvalue weighted by Crippen LogP contribution is -2.06. The smallest absolute Gasteiger partial charge is 0.338 e. The Balaban J connectivity index is 2.18. The first-order valence-electron chi connectivity index (χ1n) is 5.71. The molecule has 104 valence electrons. The average molecular weight is 279 g/mol. The van der Waals surface area contributed by atoms with Crippen molar-refractivity contribution in [2.75, 3.05) is 5.32 Å². The second kappa shape index (κ2) is 5.56. The number of nitrogens with one attached hydrogen (secondary N) is 1. The van der Waals surface area contributed by atoms with Gasteiger partial charge in [-0.2, -0.15) is 0 Å². The van der Waals surface area contributed by atoms with Crippen LogP contribution in [-0.2, 0) is 6.54 Å². The van der Waals surface area contributed by atoms with Crippen LogP contribution in [0.5, 0.6) is 5.75 Å². The van der Waals surface area contributed by atoms with Crippen LogP contribution in [0.4, 0.5) is 14.5 Å². The maximum atomic E-state index is 13.5. The first-order chi connectivity index (χ1) is 9.47. The van der Waals surface area contributed by atoms with Gasteiger partial charge in [-0.15, -0.1) is 0 Å². The standard InChI is InChI=1S/C14H11F2NO3/c15-11-6-12(16)13(5-10(11)14(19)20)17-7-8-1-3-9(18)4-2-8/h1-6,17-18H,7H2,(H,19,20). The fraction of sp³-hybridized carbons (Fsp3) is 0.0714. The molecule has 0 saturated heterocycles. The van der Waals surface area contributed by atoms with Crippen LogP contribution in [0.15, 0.2) is 36.4 Å². The number of halogens is 2. The van der Waals surface area contributed by atoms with Gasteiger partial charge in [-0.05, 0) is 23.8 Å². The molecule has 0 saturated carbocycles. The Morgan fingerprint density at radius 2 is 1.75 bits per heavy atom. The number of aromatic hydroxyl groups is 1. The molecule has 0 aliphatic rings. The monoisotopic (exact) mass is 279 g/mol. The van der Waals surface area contributed by atoms with Gasteiger partial charge >= 0.3 is 5.97 Å². The van der Waals surface area contributed by atoms with Gasteiger partial charge in [-0.3, -0.25) is 0 Å². The molecule has 4 nitrogen and oxygen atoms in total. The third-order valence-electron chi connectivity index (χ3n) is 2.71. The average Bonchev–Trinajstić information content (AvgIpc) is 2.39. The van der Waals surface area contributed by atoms with E-state index >= 15 is 0 Å². The van der Waals surface area contributed by atoms with Crippen molar-refractivity contribution in [1.82, 2.24) is 0 Å². The second-order valence-corrected chi connectivity index (χ2v) is 4.14. The summed E-state index contributed by atoms with van der Waals surface area (Å²) in [6.45, 7) is 0.210. The molecule has 2 aromatic rings. The summed E-state index contributed by atoms with van der Waals surface area (Å²) in [5, 5.41) is 20.6. The Hall–Kier alpha value is -2.63. The zero-order valence-electron chi connectivity index (χ0n) is 10.2. The van der Waals surface area contributed by atoms with Crippen molar-refractivity contribution in [2.45, 2.75) is 6.54 Å². The highest BCUT2D eigenvalue weighted by Crippen LogP contribution is 2.20. The Kier molecular flexibility index (Phi) is 3.84. The maximum absolute atomic E-state index is 13.5. The zero-order chi connectivity index (χ0) is 14.7. The quantitative estimate of drug-likeness (QED) is 0.804. The molecular weight excluding hydrogens is 268 g/mol. The van der Waals surface area contributed by atoms with Crippen molar-refractivity contribution in [3.8, 4) is 5.75 Å². The lowest BCUT2D eigenvalue weighted by atomic mass is 10.1. The van der Waals surface area contributed by atoms with E-state index in [1.807, 2.05) is 0 Å². The fourth-order valence-corrected chi connectivity index (χ4v) is 1.66. The van der Waals surface area contributed by atoms with Gasteiger partial charge in [0.15, 0.2) is 0 Å². The Bertz CT molecular complexity index is 642. The predicted octanol–water partition coefficient (Wildman–Crippen LogP) is 2.98. The van der Waals surface area contributed by atoms with Crippen molar-refractivity contribution in [3.63, 3.8) is 0 Å². The normalized spacial score (nSPS) is 10.3. The van der Waals surface area contributed by atoms with E-state index in [0.29, 0.717) is 6.07 Å². The number of carboxylic acids is 1. The number of phenolic OH excluding ortho intramolecular Hbond substituents is 1. The molecule has 2 rings (SSSR count). The van der Waals surface area contributed by atoms with Crippen molar-refractivity contribution in [1.29, 1.82) is 0 Å². The molecule has 0 radical (unpaired) electrons. The second-order valence-electron chi connectivity index (χ2n) is 4.14. The molecule has 0 amide bonds. The first kappa shape index (κ1) is 13.8. The van der Waals surface area contributed by atoms with Gasteiger partial charge in [0.25, 0.3) is 0 Å². The molecule has 0 spiro atoms. The van der Waals surface area contributed by atoms with Gasteiger partial charge in [0, 0.05) is 12.6 Å². The zero-order valence-corrected chi connectivity index (χ0v) is 10.2. The van der Waals surface area contributed by atoms with Crippen LogP contribution in [0.25, 0.3) is 0 Å². The third-order valence-corrected chi connectivity index (χ3v) is 2.71. The third kappa shape index (κ3) is 3.03. The summed E-state index contributed by atoms with van der Waals surface area (Å²) < 4.78 is 26.7. The van der Waals surface area contributed by atoms with Crippen LogP contribution in [0.2, 0.25) is 0 Å². The summed E-state index contributed by atoms with van der Waals surface area (Å²) in [4.78, 5) is 10.8. The molecule has 0 aliphatic carbocycles. The lowest BCUT2D eigenvalue weighted by molar-refractivity contribution is 0.0692. The molecule has 0 atom stereocenters. The van der Waals surface area contributed by atoms with Gasteiger partial charge in [-0.25, -0.2) is 13.6 Å². The molecule has 0 unspecified atom stereocenters. The highest BCUT2D eigenvalue weighted by atomic mass is 19.1. The minimum atomic E-state index is -1.46. The SMILES string of the molecule is O=C(O)c1cc(NCc2ccc(O)cc2)c(F)cc1F. The predicted molar refractivity (Wildman–Crippen MR) is 68.8 cm³/mol. The summed E-state index contributed by atoms with van der Waals surface area (Å²) in [7, 11) is 0. The summed E-state index contributed by atoms with van der Waals surface area (Å²) in [5.74, 6) is -3.35. The van der Waals surface area contributed by atoms with E-state index in [-0.39, 0.29) is 18.0 Å². The number of hydrogen-bond acceptors (Lipinski definition) is 3. The number of carboxylic acid groups (broad SMARTS) is 1. The van der Waals surface area contributed by atoms with E-state index < -0.39 is 23.2 Å². The van der Waals surface area contributed by atoms with Crippen molar-refractivity contribution in [2.24, 2.45) is 0 Å². The topological polar surface area (TPSA) is 69.6 Å². The number of anilines is 1. The van der Waals surface area contributed by atoms with E-state index in [2.05, 4.69) is 5.32 Å². The van der Waals surface area contributed by atoms with Crippen LogP contribution in [0.1, 0.15) is 15.9 Å². The number of carbonyl (C=O) groups is 1. The number of hydrogen-bond donors (Lipinski definition) is 3. The lowest BCUT2D eigenvalue weighted by Gasteiger charge is -2.09. The van der Waals surface area contributed by atoms with Gasteiger partial charge in [0.05, 0.1) is 11.3 Å². The molecule has 0 aliphatic heterocycles. The van der Waals surface area contributed by atoms with Gasteiger partial charge in [-0.1, -0.05) is 12.1 Å². The maximum Gasteiger partial charge on any atom is 0.338 e. The Morgan fingerprint density at radius 1 is 1.10 bits per heavy atom. The summed E-state index contributed by atoms with van der Waals surface area (Å²) in [6.07, 6.45) is 0. The molecule has 3 N–H and O–H groups in total. The van der Waals surface area contributed by atoms with Crippen LogP contribution >= 0.6 is 0 Å². The molecule has 2 aromatic carbocycles. The number of benzene rings is 2. The number of phenols is 1. The summed E-state index contributed by atoms with van der Waals surface area (Å²) >= 11 is 0. The number of aromatic carboxylic acids is 1. The van der Waals surface area contributed by atoms with E-state index in [9.17, 15) is 13.6 Å². The Morgan fingerprint density at radius 3 is 2.35 bits per heavy atom. The first-order valence-corrected chi connectivity index (χ1v) is 5.71. The molecule has 0 aromatic heterocycles. The molecule has 0 fully saturated rings. The largest absolute Gasteiger partial charge is 0.508 e. The van der Waals surface area contributed by atoms with Crippen LogP contribution in [0, 0.1) is 11.6 Å². The van der Waals surface area contributed by atoms with Gasteiger partial charge in [0.2, 0.25) is 0 Å². The van der Waals surface area contributed by atoms with Crippen LogP contribution in [0.3, 0.4) is 0 Å². The number of rotatable bonds is 4. The van der Waals surface area contributed by atoms with Crippen LogP contribution < -0.4 is 5.32 Å². The molecule has 20 heavy (non-hydrogen) atoms. The molecule has 0 heterocycles. The van der Waals surface area contributed by atoms with Gasteiger partial charge in [0.1, 0.15) is 17.4 Å². The highest BCUT2D eigenvalue weighted by molar-refractivity contribution is 5.89. The van der Waals surface area contributed by atoms with Crippen molar-refractivity contribution < 1.29 is 23.8 Å². The van der Waals surface area contributed by atoms with Crippen molar-refractivity contribution >= 4 is 11.7 Å². The van der Waals surface area contributed by atoms with E-state index in [1.54, 1.807) is 12.1 Å². The minimum Gasteiger partial charge on any atom is -0.508 e. The van der Waals surface area contributed by atoms with Crippen LogP contribution in [-0.4, -0.2) is 16.2 Å². The summed E-state index contributed by atoms with van der Waals surface area (Å²) in [5.41, 5.74) is 0.0554.